The molecule has 3 aromatic rings. The van der Waals surface area contributed by atoms with E-state index in [9.17, 15) is 13.6 Å². The molecule has 0 atom stereocenters. The van der Waals surface area contributed by atoms with E-state index in [-0.39, 0.29) is 17.1 Å². The second-order valence-corrected chi connectivity index (χ2v) is 5.96. The van der Waals surface area contributed by atoms with Crippen molar-refractivity contribution < 1.29 is 18.3 Å². The van der Waals surface area contributed by atoms with Crippen molar-refractivity contribution in [2.24, 2.45) is 10.7 Å². The Morgan fingerprint density at radius 2 is 2.19 bits per heavy atom. The van der Waals surface area contributed by atoms with E-state index in [2.05, 4.69) is 25.3 Å². The highest BCUT2D eigenvalue weighted by Gasteiger charge is 2.17. The van der Waals surface area contributed by atoms with Gasteiger partial charge in [0, 0.05) is 5.38 Å². The molecule has 0 aliphatic rings. The van der Waals surface area contributed by atoms with Crippen LogP contribution >= 0.6 is 11.3 Å². The molecule has 0 spiro atoms. The third-order valence-electron chi connectivity index (χ3n) is 3.16. The van der Waals surface area contributed by atoms with Crippen LogP contribution in [0.4, 0.5) is 19.7 Å². The van der Waals surface area contributed by atoms with Crippen molar-refractivity contribution in [2.45, 2.75) is 6.92 Å². The third-order valence-corrected chi connectivity index (χ3v) is 4.03. The Hall–Kier alpha value is -3.47. The highest BCUT2D eigenvalue weighted by Crippen LogP contribution is 2.28. The number of hydrogen-bond acceptors (Lipinski definition) is 7. The molecule has 0 aliphatic heterocycles. The van der Waals surface area contributed by atoms with Crippen molar-refractivity contribution in [3.8, 4) is 11.5 Å². The maximum atomic E-state index is 13.7. The number of nitrogens with two attached hydrogens (primary N) is 1. The standard InChI is InChI=1S/C16H12F2N6O2S/c1-8-6-27-16(23-8)24-15(25)10-2-9(3-21-14(10)22-7-19)26-12-5-20-4-11(17)13(12)18/h2-7H,1H3,(H2,19,21,22)(H,23,24,25). The van der Waals surface area contributed by atoms with Crippen LogP contribution in [-0.4, -0.2) is 27.2 Å². The third kappa shape index (κ3) is 4.20. The number of amides is 1. The molecular weight excluding hydrogens is 378 g/mol. The van der Waals surface area contributed by atoms with Gasteiger partial charge in [0.2, 0.25) is 5.82 Å². The molecule has 0 radical (unpaired) electrons. The van der Waals surface area contributed by atoms with E-state index < -0.39 is 23.3 Å². The van der Waals surface area contributed by atoms with E-state index in [4.69, 9.17) is 10.5 Å². The molecule has 8 nitrogen and oxygen atoms in total. The summed E-state index contributed by atoms with van der Waals surface area (Å²) in [7, 11) is 0. The van der Waals surface area contributed by atoms with Crippen molar-refractivity contribution in [3.63, 3.8) is 0 Å². The van der Waals surface area contributed by atoms with E-state index in [0.29, 0.717) is 11.3 Å². The lowest BCUT2D eigenvalue weighted by molar-refractivity contribution is 0.102. The van der Waals surface area contributed by atoms with E-state index in [0.717, 1.165) is 18.2 Å². The first-order valence-corrected chi connectivity index (χ1v) is 8.30. The zero-order chi connectivity index (χ0) is 19.4. The number of halogens is 2. The lowest BCUT2D eigenvalue weighted by Crippen LogP contribution is -2.13. The van der Waals surface area contributed by atoms with Gasteiger partial charge in [0.05, 0.1) is 36.2 Å². The molecular formula is C16H12F2N6O2S. The van der Waals surface area contributed by atoms with Gasteiger partial charge >= 0.3 is 0 Å². The molecule has 0 unspecified atom stereocenters. The number of pyridine rings is 2. The fraction of sp³-hybridized carbons (Fsp3) is 0.0625. The molecule has 3 heterocycles. The molecule has 3 N–H and O–H groups in total. The Bertz CT molecular complexity index is 1020. The number of aryl methyl sites for hydroxylation is 1. The number of nitrogens with one attached hydrogen (secondary N) is 1. The number of anilines is 1. The maximum Gasteiger partial charge on any atom is 0.261 e. The van der Waals surface area contributed by atoms with Crippen LogP contribution in [-0.2, 0) is 0 Å². The average Bonchev–Trinajstić information content (AvgIpc) is 3.05. The lowest BCUT2D eigenvalue weighted by Gasteiger charge is -2.09. The zero-order valence-electron chi connectivity index (χ0n) is 13.8. The quantitative estimate of drug-likeness (QED) is 0.511. The zero-order valence-corrected chi connectivity index (χ0v) is 14.6. The number of ether oxygens (including phenoxy) is 1. The van der Waals surface area contributed by atoms with Gasteiger partial charge in [-0.2, -0.15) is 4.39 Å². The van der Waals surface area contributed by atoms with Gasteiger partial charge in [-0.3, -0.25) is 15.1 Å². The summed E-state index contributed by atoms with van der Waals surface area (Å²) in [6.45, 7) is 1.79. The van der Waals surface area contributed by atoms with Crippen molar-refractivity contribution in [1.82, 2.24) is 15.0 Å². The monoisotopic (exact) mass is 390 g/mol. The van der Waals surface area contributed by atoms with Crippen LogP contribution in [0.15, 0.2) is 35.0 Å². The number of thiazole rings is 1. The molecule has 0 fully saturated rings. The van der Waals surface area contributed by atoms with Crippen molar-refractivity contribution in [1.29, 1.82) is 0 Å². The lowest BCUT2D eigenvalue weighted by atomic mass is 10.2. The summed E-state index contributed by atoms with van der Waals surface area (Å²) in [6, 6.07) is 1.27. The molecule has 0 saturated heterocycles. The second kappa shape index (κ2) is 7.83. The first-order valence-electron chi connectivity index (χ1n) is 7.42. The van der Waals surface area contributed by atoms with Gasteiger partial charge < -0.3 is 10.5 Å². The van der Waals surface area contributed by atoms with Crippen LogP contribution < -0.4 is 15.8 Å². The summed E-state index contributed by atoms with van der Waals surface area (Å²) in [5.74, 6) is -3.39. The molecule has 1 amide bonds. The minimum atomic E-state index is -1.21. The first kappa shape index (κ1) is 18.3. The second-order valence-electron chi connectivity index (χ2n) is 5.10. The minimum absolute atomic E-state index is 0.00632. The van der Waals surface area contributed by atoms with Crippen molar-refractivity contribution in [3.05, 3.63) is 52.9 Å². The molecule has 27 heavy (non-hydrogen) atoms. The summed E-state index contributed by atoms with van der Waals surface area (Å²) < 4.78 is 32.3. The number of carbonyl (C=O) groups is 1. The Kier molecular flexibility index (Phi) is 5.31. The Morgan fingerprint density at radius 3 is 2.89 bits per heavy atom. The highest BCUT2D eigenvalue weighted by atomic mass is 32.1. The number of hydrogen-bond donors (Lipinski definition) is 2. The Morgan fingerprint density at radius 1 is 1.37 bits per heavy atom. The van der Waals surface area contributed by atoms with E-state index in [1.165, 1.54) is 23.6 Å². The fourth-order valence-electron chi connectivity index (χ4n) is 2.01. The van der Waals surface area contributed by atoms with E-state index in [1.54, 1.807) is 12.3 Å². The van der Waals surface area contributed by atoms with Gasteiger partial charge in [0.25, 0.3) is 5.91 Å². The van der Waals surface area contributed by atoms with Gasteiger partial charge in [0.15, 0.2) is 22.5 Å². The number of carbonyl (C=O) groups excluding carboxylic acids is 1. The molecule has 3 aromatic heterocycles. The molecule has 0 saturated carbocycles. The minimum Gasteiger partial charge on any atom is -0.451 e. The largest absolute Gasteiger partial charge is 0.451 e. The molecule has 0 aliphatic carbocycles. The topological polar surface area (TPSA) is 115 Å². The summed E-state index contributed by atoms with van der Waals surface area (Å²) in [6.07, 6.45) is 3.89. The average molecular weight is 390 g/mol. The predicted molar refractivity (Wildman–Crippen MR) is 95.6 cm³/mol. The molecule has 138 valence electrons. The maximum absolute atomic E-state index is 13.7. The van der Waals surface area contributed by atoms with E-state index >= 15 is 0 Å². The smallest absolute Gasteiger partial charge is 0.261 e. The highest BCUT2D eigenvalue weighted by molar-refractivity contribution is 7.13. The van der Waals surface area contributed by atoms with Crippen LogP contribution in [0.25, 0.3) is 0 Å². The summed E-state index contributed by atoms with van der Waals surface area (Å²) in [5, 5.41) is 4.75. The first-order chi connectivity index (χ1) is 13.0. The predicted octanol–water partition coefficient (Wildman–Crippen LogP) is 3.18. The van der Waals surface area contributed by atoms with Crippen molar-refractivity contribution >= 4 is 34.5 Å². The molecule has 0 aromatic carbocycles. The molecule has 11 heteroatoms. The van der Waals surface area contributed by atoms with Gasteiger partial charge in [-0.05, 0) is 13.0 Å². The Balaban J connectivity index is 1.92. The fourth-order valence-corrected chi connectivity index (χ4v) is 2.69. The van der Waals surface area contributed by atoms with Crippen LogP contribution in [0.5, 0.6) is 11.5 Å². The molecule has 3 rings (SSSR count). The number of rotatable bonds is 5. The summed E-state index contributed by atoms with van der Waals surface area (Å²) in [5.41, 5.74) is 6.04. The number of nitrogens with zero attached hydrogens (tertiary/aromatic N) is 4. The number of aliphatic imine (C=N–C) groups is 1. The van der Waals surface area contributed by atoms with Crippen molar-refractivity contribution in [2.75, 3.05) is 5.32 Å². The van der Waals surface area contributed by atoms with Gasteiger partial charge in [-0.15, -0.1) is 11.3 Å². The normalized spacial score (nSPS) is 10.9. The van der Waals surface area contributed by atoms with Gasteiger partial charge in [-0.25, -0.2) is 19.4 Å². The van der Waals surface area contributed by atoms with Crippen LogP contribution in [0, 0.1) is 18.6 Å². The van der Waals surface area contributed by atoms with E-state index in [1.807, 2.05) is 0 Å². The van der Waals surface area contributed by atoms with Crippen LogP contribution in [0.1, 0.15) is 16.1 Å². The van der Waals surface area contributed by atoms with Crippen LogP contribution in [0.2, 0.25) is 0 Å². The SMILES string of the molecule is Cc1csc(NC(=O)c2cc(Oc3cncc(F)c3F)cnc2/N=C\N)n1. The summed E-state index contributed by atoms with van der Waals surface area (Å²) >= 11 is 1.24. The summed E-state index contributed by atoms with van der Waals surface area (Å²) in [4.78, 5) is 28.0. The Labute approximate surface area is 155 Å². The van der Waals surface area contributed by atoms with Gasteiger partial charge in [0.1, 0.15) is 5.75 Å². The van der Waals surface area contributed by atoms with Gasteiger partial charge in [-0.1, -0.05) is 0 Å². The van der Waals surface area contributed by atoms with Crippen LogP contribution in [0.3, 0.4) is 0 Å². The number of aromatic nitrogens is 3. The molecule has 0 bridgehead atoms.